The zero-order valence-electron chi connectivity index (χ0n) is 13.1. The van der Waals surface area contributed by atoms with Gasteiger partial charge in [-0.2, -0.15) is 0 Å². The zero-order valence-corrected chi connectivity index (χ0v) is 13.1. The topological polar surface area (TPSA) is 24.5 Å². The normalized spacial score (nSPS) is 38.1. The van der Waals surface area contributed by atoms with Crippen LogP contribution in [0.1, 0.15) is 51.9 Å². The Morgan fingerprint density at radius 1 is 1.21 bits per heavy atom. The van der Waals surface area contributed by atoms with E-state index in [1.165, 1.54) is 58.0 Å². The number of methoxy groups -OCH3 is 1. The molecule has 1 heterocycles. The van der Waals surface area contributed by atoms with Gasteiger partial charge in [0, 0.05) is 26.2 Å². The fourth-order valence-corrected chi connectivity index (χ4v) is 3.94. The molecule has 1 aliphatic carbocycles. The lowest BCUT2D eigenvalue weighted by molar-refractivity contribution is -0.0548. The smallest absolute Gasteiger partial charge is 0.0777 e. The van der Waals surface area contributed by atoms with E-state index in [4.69, 9.17) is 4.74 Å². The SMILES string of the molecule is CNC1CCCCCC1CN1CCCC(C)(OC)C1. The molecule has 1 saturated heterocycles. The summed E-state index contributed by atoms with van der Waals surface area (Å²) >= 11 is 0. The fraction of sp³-hybridized carbons (Fsp3) is 1.00. The molecule has 0 aromatic heterocycles. The number of likely N-dealkylation sites (tertiary alicyclic amines) is 1. The molecule has 2 rings (SSSR count). The van der Waals surface area contributed by atoms with Gasteiger partial charge in [0.1, 0.15) is 0 Å². The van der Waals surface area contributed by atoms with Gasteiger partial charge in [-0.25, -0.2) is 0 Å². The van der Waals surface area contributed by atoms with Crippen LogP contribution >= 0.6 is 0 Å². The monoisotopic (exact) mass is 268 g/mol. The molecule has 2 fully saturated rings. The van der Waals surface area contributed by atoms with E-state index >= 15 is 0 Å². The van der Waals surface area contributed by atoms with Gasteiger partial charge in [-0.1, -0.05) is 19.3 Å². The van der Waals surface area contributed by atoms with Crippen molar-refractivity contribution >= 4 is 0 Å². The molecule has 19 heavy (non-hydrogen) atoms. The fourth-order valence-electron chi connectivity index (χ4n) is 3.94. The number of hydrogen-bond donors (Lipinski definition) is 1. The molecular weight excluding hydrogens is 236 g/mol. The van der Waals surface area contributed by atoms with Gasteiger partial charge >= 0.3 is 0 Å². The van der Waals surface area contributed by atoms with Crippen molar-refractivity contribution in [3.8, 4) is 0 Å². The number of hydrogen-bond acceptors (Lipinski definition) is 3. The molecule has 3 atom stereocenters. The van der Waals surface area contributed by atoms with Crippen LogP contribution in [-0.2, 0) is 4.74 Å². The minimum absolute atomic E-state index is 0.0815. The van der Waals surface area contributed by atoms with Crippen molar-refractivity contribution in [3.63, 3.8) is 0 Å². The minimum Gasteiger partial charge on any atom is -0.377 e. The third kappa shape index (κ3) is 4.17. The molecule has 1 N–H and O–H groups in total. The van der Waals surface area contributed by atoms with Gasteiger partial charge in [0.2, 0.25) is 0 Å². The van der Waals surface area contributed by atoms with Crippen molar-refractivity contribution in [3.05, 3.63) is 0 Å². The molecule has 0 amide bonds. The van der Waals surface area contributed by atoms with Crippen molar-refractivity contribution in [2.75, 3.05) is 33.8 Å². The molecule has 0 aromatic rings. The van der Waals surface area contributed by atoms with E-state index in [0.29, 0.717) is 0 Å². The van der Waals surface area contributed by atoms with Crippen LogP contribution in [-0.4, -0.2) is 50.3 Å². The van der Waals surface area contributed by atoms with E-state index in [2.05, 4.69) is 24.2 Å². The third-order valence-corrected chi connectivity index (χ3v) is 5.25. The molecule has 3 nitrogen and oxygen atoms in total. The second-order valence-electron chi connectivity index (χ2n) is 6.79. The van der Waals surface area contributed by atoms with Crippen LogP contribution in [0.25, 0.3) is 0 Å². The Balaban J connectivity index is 1.91. The summed E-state index contributed by atoms with van der Waals surface area (Å²) in [6.45, 7) is 5.88. The predicted octanol–water partition coefficient (Wildman–Crippen LogP) is 2.66. The first-order chi connectivity index (χ1) is 9.17. The summed E-state index contributed by atoms with van der Waals surface area (Å²) in [4.78, 5) is 2.65. The van der Waals surface area contributed by atoms with Crippen molar-refractivity contribution in [1.29, 1.82) is 0 Å². The average molecular weight is 268 g/mol. The lowest BCUT2D eigenvalue weighted by atomic mass is 9.90. The first-order valence-electron chi connectivity index (χ1n) is 8.11. The van der Waals surface area contributed by atoms with Gasteiger partial charge in [-0.05, 0) is 52.1 Å². The predicted molar refractivity (Wildman–Crippen MR) is 80.5 cm³/mol. The van der Waals surface area contributed by atoms with Gasteiger partial charge in [0.15, 0.2) is 0 Å². The first-order valence-corrected chi connectivity index (χ1v) is 8.11. The first kappa shape index (κ1) is 15.3. The summed E-state index contributed by atoms with van der Waals surface area (Å²) in [7, 11) is 4.00. The average Bonchev–Trinajstić information content (AvgIpc) is 2.64. The van der Waals surface area contributed by atoms with Crippen LogP contribution in [0.3, 0.4) is 0 Å². The van der Waals surface area contributed by atoms with Crippen LogP contribution in [0.15, 0.2) is 0 Å². The summed E-state index contributed by atoms with van der Waals surface area (Å²) in [5.41, 5.74) is 0.0815. The highest BCUT2D eigenvalue weighted by molar-refractivity contribution is 4.88. The maximum Gasteiger partial charge on any atom is 0.0777 e. The summed E-state index contributed by atoms with van der Waals surface area (Å²) in [6, 6.07) is 0.721. The Hall–Kier alpha value is -0.120. The number of piperidine rings is 1. The van der Waals surface area contributed by atoms with Gasteiger partial charge in [-0.3, -0.25) is 0 Å². The Morgan fingerprint density at radius 3 is 2.74 bits per heavy atom. The Bertz CT molecular complexity index is 271. The maximum atomic E-state index is 5.72. The summed E-state index contributed by atoms with van der Waals surface area (Å²) in [5.74, 6) is 0.826. The highest BCUT2D eigenvalue weighted by Crippen LogP contribution is 2.28. The van der Waals surface area contributed by atoms with E-state index in [0.717, 1.165) is 18.5 Å². The molecule has 112 valence electrons. The number of rotatable bonds is 4. The maximum absolute atomic E-state index is 5.72. The Labute approximate surface area is 119 Å². The highest BCUT2D eigenvalue weighted by atomic mass is 16.5. The van der Waals surface area contributed by atoms with Crippen LogP contribution in [0.5, 0.6) is 0 Å². The molecule has 2 aliphatic rings. The molecule has 1 aliphatic heterocycles. The largest absolute Gasteiger partial charge is 0.377 e. The lowest BCUT2D eigenvalue weighted by Crippen LogP contribution is -2.50. The van der Waals surface area contributed by atoms with Crippen molar-refractivity contribution in [1.82, 2.24) is 10.2 Å². The third-order valence-electron chi connectivity index (χ3n) is 5.25. The van der Waals surface area contributed by atoms with E-state index in [9.17, 15) is 0 Å². The quantitative estimate of drug-likeness (QED) is 0.793. The Kier molecular flexibility index (Phi) is 5.67. The summed E-state index contributed by atoms with van der Waals surface area (Å²) in [5, 5.41) is 3.56. The highest BCUT2D eigenvalue weighted by Gasteiger charge is 2.33. The van der Waals surface area contributed by atoms with Crippen LogP contribution in [0.4, 0.5) is 0 Å². The van der Waals surface area contributed by atoms with Gasteiger partial charge < -0.3 is 15.0 Å². The molecule has 0 spiro atoms. The molecule has 3 unspecified atom stereocenters. The lowest BCUT2D eigenvalue weighted by Gasteiger charge is -2.41. The van der Waals surface area contributed by atoms with Gasteiger partial charge in [0.25, 0.3) is 0 Å². The van der Waals surface area contributed by atoms with E-state index in [1.54, 1.807) is 0 Å². The molecule has 1 saturated carbocycles. The van der Waals surface area contributed by atoms with Crippen molar-refractivity contribution in [2.45, 2.75) is 63.5 Å². The van der Waals surface area contributed by atoms with E-state index < -0.39 is 0 Å². The van der Waals surface area contributed by atoms with E-state index in [-0.39, 0.29) is 5.60 Å². The molecule has 0 bridgehead atoms. The van der Waals surface area contributed by atoms with E-state index in [1.807, 2.05) is 7.11 Å². The molecule has 0 radical (unpaired) electrons. The van der Waals surface area contributed by atoms with Crippen LogP contribution in [0.2, 0.25) is 0 Å². The second kappa shape index (κ2) is 7.05. The number of nitrogens with zero attached hydrogens (tertiary/aromatic N) is 1. The number of nitrogens with one attached hydrogen (secondary N) is 1. The molecular formula is C16H32N2O. The zero-order chi connectivity index (χ0) is 13.7. The number of ether oxygens (including phenoxy) is 1. The van der Waals surface area contributed by atoms with Gasteiger partial charge in [0.05, 0.1) is 5.60 Å². The van der Waals surface area contributed by atoms with Gasteiger partial charge in [-0.15, -0.1) is 0 Å². The Morgan fingerprint density at radius 2 is 2.00 bits per heavy atom. The van der Waals surface area contributed by atoms with Crippen molar-refractivity contribution < 1.29 is 4.74 Å². The molecule has 0 aromatic carbocycles. The molecule has 3 heteroatoms. The minimum atomic E-state index is 0.0815. The van der Waals surface area contributed by atoms with Crippen LogP contribution < -0.4 is 5.32 Å². The summed E-state index contributed by atoms with van der Waals surface area (Å²) < 4.78 is 5.72. The van der Waals surface area contributed by atoms with Crippen molar-refractivity contribution in [2.24, 2.45) is 5.92 Å². The standard InChI is InChI=1S/C16H32N2O/c1-16(19-3)10-7-11-18(13-16)12-14-8-5-4-6-9-15(14)17-2/h14-15,17H,4-13H2,1-3H3. The van der Waals surface area contributed by atoms with Crippen LogP contribution in [0, 0.1) is 5.92 Å². The second-order valence-corrected chi connectivity index (χ2v) is 6.79. The summed E-state index contributed by atoms with van der Waals surface area (Å²) in [6.07, 6.45) is 9.48.